The van der Waals surface area contributed by atoms with Crippen LogP contribution in [0.5, 0.6) is 23.0 Å². The number of para-hydroxylation sites is 5. The van der Waals surface area contributed by atoms with Gasteiger partial charge >= 0.3 is 0 Å². The minimum Gasteiger partial charge on any atom is -0.457 e. The van der Waals surface area contributed by atoms with Crippen molar-refractivity contribution >= 4 is 44.6 Å². The highest BCUT2D eigenvalue weighted by atomic mass is 16.5. The van der Waals surface area contributed by atoms with Gasteiger partial charge in [-0.15, -0.1) is 0 Å². The number of benzene rings is 10. The van der Waals surface area contributed by atoms with Gasteiger partial charge in [0.25, 0.3) is 0 Å². The quantitative estimate of drug-likeness (QED) is 0.129. The zero-order chi connectivity index (χ0) is 63.2. The molecule has 3 heterocycles. The second kappa shape index (κ2) is 20.3. The highest BCUT2D eigenvalue weighted by Gasteiger charge is 2.32. The maximum Gasteiger partial charge on any atom is 0.143 e. The van der Waals surface area contributed by atoms with Crippen LogP contribution in [-0.4, -0.2) is 16.2 Å². The molecule has 0 spiro atoms. The van der Waals surface area contributed by atoms with Crippen molar-refractivity contribution in [1.82, 2.24) is 9.55 Å². The lowest BCUT2D eigenvalue weighted by Crippen LogP contribution is -2.24. The van der Waals surface area contributed by atoms with Gasteiger partial charge in [-0.25, -0.2) is 4.98 Å². The Bertz CT molecular complexity index is 4640. The van der Waals surface area contributed by atoms with Crippen molar-refractivity contribution in [2.45, 2.75) is 52.4 Å². The lowest BCUT2D eigenvalue weighted by Gasteiger charge is -2.27. The molecule has 0 unspecified atom stereocenters. The largest absolute Gasteiger partial charge is 0.457 e. The first-order chi connectivity index (χ1) is 43.1. The second-order valence-corrected chi connectivity index (χ2v) is 22.1. The molecule has 0 amide bonds. The zero-order valence-corrected chi connectivity index (χ0v) is 45.3. The Kier molecular flexibility index (Phi) is 10.1. The number of fused-ring (bicyclic) bond motifs is 4. The summed E-state index contributed by atoms with van der Waals surface area (Å²) in [5.41, 5.74) is 10.8. The van der Waals surface area contributed by atoms with Gasteiger partial charge in [0.1, 0.15) is 35.5 Å². The van der Waals surface area contributed by atoms with Gasteiger partial charge in [-0.05, 0) is 92.7 Å². The monoisotopic (exact) mass is 1050 g/mol. The molecule has 1 aliphatic rings. The fourth-order valence-electron chi connectivity index (χ4n) is 10.8. The lowest BCUT2D eigenvalue weighted by molar-refractivity contribution is 0.483. The number of hydrogen-bond donors (Lipinski definition) is 0. The summed E-state index contributed by atoms with van der Waals surface area (Å²) in [7, 11) is 0. The third-order valence-corrected chi connectivity index (χ3v) is 14.9. The molecule has 390 valence electrons. The van der Waals surface area contributed by atoms with Crippen molar-refractivity contribution in [3.63, 3.8) is 0 Å². The van der Waals surface area contributed by atoms with E-state index in [9.17, 15) is 0 Å². The van der Waals surface area contributed by atoms with E-state index in [0.717, 1.165) is 61.2 Å². The number of nitrogens with zero attached hydrogens (tertiary/aromatic N) is 4. The molecule has 0 atom stereocenters. The summed E-state index contributed by atoms with van der Waals surface area (Å²) >= 11 is 0. The van der Waals surface area contributed by atoms with Crippen LogP contribution in [0.15, 0.2) is 255 Å². The van der Waals surface area contributed by atoms with E-state index in [4.69, 9.17) is 28.2 Å². The van der Waals surface area contributed by atoms with Gasteiger partial charge in [-0.2, -0.15) is 0 Å². The zero-order valence-electron chi connectivity index (χ0n) is 55.3. The van der Waals surface area contributed by atoms with Crippen molar-refractivity contribution in [3.05, 3.63) is 266 Å². The van der Waals surface area contributed by atoms with E-state index in [1.165, 1.54) is 11.1 Å². The fourth-order valence-corrected chi connectivity index (χ4v) is 10.8. The van der Waals surface area contributed by atoms with Crippen LogP contribution in [0.3, 0.4) is 0 Å². The van der Waals surface area contributed by atoms with Gasteiger partial charge in [0.15, 0.2) is 0 Å². The average molecular weight is 1050 g/mol. The molecular weight excluding hydrogens is 977 g/mol. The molecule has 1 aliphatic heterocycles. The first-order valence-corrected chi connectivity index (χ1v) is 26.8. The molecule has 0 bridgehead atoms. The van der Waals surface area contributed by atoms with Crippen LogP contribution in [0.25, 0.3) is 72.1 Å². The third-order valence-electron chi connectivity index (χ3n) is 14.9. The van der Waals surface area contributed by atoms with E-state index in [0.29, 0.717) is 28.8 Å². The van der Waals surface area contributed by atoms with E-state index >= 15 is 0 Å². The van der Waals surface area contributed by atoms with Crippen molar-refractivity contribution < 1.29 is 23.2 Å². The topological polar surface area (TPSA) is 42.8 Å². The molecule has 0 saturated heterocycles. The Morgan fingerprint density at radius 1 is 0.425 bits per heavy atom. The van der Waals surface area contributed by atoms with Crippen LogP contribution < -0.4 is 19.3 Å². The van der Waals surface area contributed by atoms with Crippen LogP contribution in [0.1, 0.15) is 66.4 Å². The standard InChI is InChI=1S/C74H62N4O2/c1-73(2,3)54-38-34-52(35-39-54)62-29-19-30-63(53-36-40-55(41-37-53)74(4,5)6)72(62)80-59-44-45-75-70(48-59)78-66-31-14-13-26-64(66)65-43-42-58(47-69(65)78)79-57-25-17-24-56(46-57)76-49-77(68-33-16-15-32-67(68)76)71-60(50-20-9-7-10-21-50)27-18-28-61(71)51-22-11-8-12-23-51/h7-48H,49H2,1-6H3/i7D,8D,9D,10D,11D,12D,20D,21D,22D,23D. The van der Waals surface area contributed by atoms with E-state index in [2.05, 4.69) is 131 Å². The number of rotatable bonds is 11. The first-order valence-electron chi connectivity index (χ1n) is 31.8. The van der Waals surface area contributed by atoms with Crippen LogP contribution in [0.2, 0.25) is 0 Å². The molecule has 0 radical (unpaired) electrons. The second-order valence-electron chi connectivity index (χ2n) is 22.1. The minimum atomic E-state index is -0.559. The average Bonchev–Trinajstić information content (AvgIpc) is 1.58. The van der Waals surface area contributed by atoms with Crippen molar-refractivity contribution in [1.29, 1.82) is 0 Å². The van der Waals surface area contributed by atoms with Gasteiger partial charge in [0, 0.05) is 63.1 Å². The first kappa shape index (κ1) is 39.7. The van der Waals surface area contributed by atoms with Crippen LogP contribution >= 0.6 is 0 Å². The van der Waals surface area contributed by atoms with E-state index < -0.39 is 60.4 Å². The maximum absolute atomic E-state index is 9.12. The van der Waals surface area contributed by atoms with Gasteiger partial charge in [0.2, 0.25) is 0 Å². The molecule has 0 aliphatic carbocycles. The summed E-state index contributed by atoms with van der Waals surface area (Å²) in [6.07, 6.45) is 1.78. The summed E-state index contributed by atoms with van der Waals surface area (Å²) in [4.78, 5) is 8.93. The number of anilines is 4. The number of aromatic nitrogens is 2. The molecule has 0 saturated carbocycles. The van der Waals surface area contributed by atoms with Gasteiger partial charge < -0.3 is 19.3 Å². The molecule has 0 N–H and O–H groups in total. The molecule has 13 rings (SSSR count). The molecule has 6 heteroatoms. The summed E-state index contributed by atoms with van der Waals surface area (Å²) in [5.74, 6) is 3.05. The predicted octanol–water partition coefficient (Wildman–Crippen LogP) is 20.3. The summed E-state index contributed by atoms with van der Waals surface area (Å²) < 4.78 is 104. The number of pyridine rings is 1. The van der Waals surface area contributed by atoms with E-state index in [1.807, 2.05) is 94.7 Å². The van der Waals surface area contributed by atoms with Crippen molar-refractivity contribution in [2.75, 3.05) is 16.5 Å². The van der Waals surface area contributed by atoms with E-state index in [-0.39, 0.29) is 45.4 Å². The number of hydrogen-bond acceptors (Lipinski definition) is 5. The van der Waals surface area contributed by atoms with Gasteiger partial charge in [-0.1, -0.05) is 223 Å². The van der Waals surface area contributed by atoms with Crippen LogP contribution in [-0.2, 0) is 10.8 Å². The Balaban J connectivity index is 0.873. The smallest absolute Gasteiger partial charge is 0.143 e. The molecule has 80 heavy (non-hydrogen) atoms. The summed E-state index contributed by atoms with van der Waals surface area (Å²) in [6.45, 7) is 13.4. The summed E-state index contributed by atoms with van der Waals surface area (Å²) in [5, 5.41) is 2.02. The summed E-state index contributed by atoms with van der Waals surface area (Å²) in [6, 6.07) is 56.9. The lowest BCUT2D eigenvalue weighted by atomic mass is 9.85. The van der Waals surface area contributed by atoms with Crippen LogP contribution in [0.4, 0.5) is 22.7 Å². The molecular formula is C74H62N4O2. The highest BCUT2D eigenvalue weighted by molar-refractivity contribution is 6.09. The Hall–Kier alpha value is -9.65. The van der Waals surface area contributed by atoms with Crippen molar-refractivity contribution in [3.8, 4) is 73.3 Å². The van der Waals surface area contributed by atoms with Gasteiger partial charge in [0.05, 0.1) is 41.8 Å². The minimum absolute atomic E-state index is 0.0134. The molecule has 6 nitrogen and oxygen atoms in total. The predicted molar refractivity (Wildman–Crippen MR) is 333 cm³/mol. The Labute approximate surface area is 483 Å². The van der Waals surface area contributed by atoms with Gasteiger partial charge in [-0.3, -0.25) is 4.57 Å². The van der Waals surface area contributed by atoms with Crippen LogP contribution in [0, 0.1) is 0 Å². The molecule has 0 fully saturated rings. The Morgan fingerprint density at radius 3 is 1.56 bits per heavy atom. The molecule has 10 aromatic carbocycles. The highest BCUT2D eigenvalue weighted by Crippen LogP contribution is 2.51. The van der Waals surface area contributed by atoms with E-state index in [1.54, 1.807) is 24.4 Å². The normalized spacial score (nSPS) is 14.3. The molecule has 2 aromatic heterocycles. The maximum atomic E-state index is 9.12. The SMILES string of the molecule is [2H]c1c([2H])c([2H])c(-c2cccc(-c3c([2H])c([2H])c([2H])c([2H])c3[2H])c2N2CN(c3cccc(Oc4ccc5c6ccccc6n(-c6cc(Oc7c(-c8ccc(C(C)(C)C)cc8)cccc7-c7ccc(C(C)(C)C)cc7)ccn6)c5c4)c3)c3ccccc32)c([2H])c1[2H]. The third kappa shape index (κ3) is 9.43. The number of ether oxygens (including phenoxy) is 2. The Morgan fingerprint density at radius 2 is 0.950 bits per heavy atom. The van der Waals surface area contributed by atoms with Crippen molar-refractivity contribution in [2.24, 2.45) is 0 Å². The molecule has 12 aromatic rings. The fraction of sp³-hybridized carbons (Fsp3) is 0.122.